The zero-order chi connectivity index (χ0) is 32.1. The highest BCUT2D eigenvalue weighted by atomic mass is 32.2. The minimum atomic E-state index is -0.682. The fourth-order valence-electron chi connectivity index (χ4n) is 6.76. The largest absolute Gasteiger partial charge is 0.449 e. The highest BCUT2D eigenvalue weighted by Gasteiger charge is 2.33. The van der Waals surface area contributed by atoms with Crippen LogP contribution in [-0.2, 0) is 22.4 Å². The van der Waals surface area contributed by atoms with Crippen LogP contribution in [0, 0.1) is 11.8 Å². The Kier molecular flexibility index (Phi) is 10.9. The molecule has 1 aromatic carbocycles. The first-order chi connectivity index (χ1) is 22.2. The summed E-state index contributed by atoms with van der Waals surface area (Å²) < 4.78 is 12.3. The molecule has 0 bridgehead atoms. The fourth-order valence-corrected chi connectivity index (χ4v) is 8.50. The molecule has 3 N–H and O–H groups in total. The molecule has 3 aliphatic rings. The lowest BCUT2D eigenvalue weighted by molar-refractivity contribution is 0.0771. The number of amides is 1. The normalized spacial score (nSPS) is 19.7. The van der Waals surface area contributed by atoms with Crippen molar-refractivity contribution in [3.8, 4) is 0 Å². The van der Waals surface area contributed by atoms with Crippen molar-refractivity contribution in [2.24, 2.45) is 17.6 Å². The molecule has 250 valence electrons. The molecule has 4 heterocycles. The second-order valence-corrected chi connectivity index (χ2v) is 16.6. The van der Waals surface area contributed by atoms with Gasteiger partial charge in [-0.05, 0) is 87.7 Å². The van der Waals surface area contributed by atoms with Crippen LogP contribution in [0.3, 0.4) is 0 Å². The number of thiazole rings is 1. The van der Waals surface area contributed by atoms with Gasteiger partial charge in [0, 0.05) is 30.5 Å². The summed E-state index contributed by atoms with van der Waals surface area (Å²) in [7, 11) is 0. The Bertz CT molecular complexity index is 1400. The average Bonchev–Trinajstić information content (AvgIpc) is 3.56. The van der Waals surface area contributed by atoms with Crippen molar-refractivity contribution in [1.82, 2.24) is 19.8 Å². The quantitative estimate of drug-likeness (QED) is 0.185. The minimum absolute atomic E-state index is 0.0206. The number of hydrogen-bond donors (Lipinski definition) is 2. The number of anilines is 1. The number of aromatic nitrogens is 2. The molecule has 1 aliphatic carbocycles. The summed E-state index contributed by atoms with van der Waals surface area (Å²) in [6.45, 7) is 13.5. The number of rotatable bonds is 13. The molecule has 6 rings (SSSR count). The topological polar surface area (TPSA) is 110 Å². The number of benzene rings is 1. The van der Waals surface area contributed by atoms with Crippen molar-refractivity contribution in [2.45, 2.75) is 93.2 Å². The van der Waals surface area contributed by atoms with Gasteiger partial charge in [0.2, 0.25) is 5.89 Å². The Balaban J connectivity index is 0.869. The third-order valence-corrected chi connectivity index (χ3v) is 11.9. The van der Waals surface area contributed by atoms with Crippen LogP contribution in [0.2, 0.25) is 0 Å². The van der Waals surface area contributed by atoms with Crippen molar-refractivity contribution in [3.63, 3.8) is 0 Å². The number of nitrogens with zero attached hydrogens (tertiary/aromatic N) is 4. The van der Waals surface area contributed by atoms with E-state index in [9.17, 15) is 4.79 Å². The number of ether oxygens (including phenoxy) is 1. The second kappa shape index (κ2) is 15.1. The number of piperidine rings is 2. The molecule has 11 heteroatoms. The van der Waals surface area contributed by atoms with Crippen molar-refractivity contribution < 1.29 is 13.9 Å². The van der Waals surface area contributed by atoms with Crippen LogP contribution in [-0.4, -0.2) is 71.2 Å². The molecule has 3 aromatic rings. The van der Waals surface area contributed by atoms with Crippen LogP contribution in [0.15, 0.2) is 45.3 Å². The Morgan fingerprint density at radius 2 is 1.80 bits per heavy atom. The van der Waals surface area contributed by atoms with E-state index in [0.29, 0.717) is 24.5 Å². The Labute approximate surface area is 282 Å². The summed E-state index contributed by atoms with van der Waals surface area (Å²) in [6, 6.07) is 9.67. The first kappa shape index (κ1) is 33.3. The van der Waals surface area contributed by atoms with Gasteiger partial charge in [0.1, 0.15) is 12.4 Å². The lowest BCUT2D eigenvalue weighted by Gasteiger charge is -2.42. The standard InChI is InChI=1S/C35H50N6O3S2/c1-35(2,3)30-19-37-31(44-30)23-45-32-20-39-34(46-32)38-18-24-10-16-41(17-11-24)28-12-14-40(15-13-28)21-25-4-6-26(7-5-25)29(27-8-9-27)22-43-33(36)42/h4-7,19-20,24,27-29H,8-18,21-23H2,1-3H3,(H2,36,42)(H,38,39). The summed E-state index contributed by atoms with van der Waals surface area (Å²) in [5.41, 5.74) is 7.81. The number of nitrogens with one attached hydrogen (secondary N) is 1. The molecule has 0 radical (unpaired) electrons. The van der Waals surface area contributed by atoms with Crippen molar-refractivity contribution >= 4 is 34.3 Å². The van der Waals surface area contributed by atoms with Crippen molar-refractivity contribution in [1.29, 1.82) is 0 Å². The smallest absolute Gasteiger partial charge is 0.404 e. The summed E-state index contributed by atoms with van der Waals surface area (Å²) in [4.78, 5) is 25.5. The summed E-state index contributed by atoms with van der Waals surface area (Å²) in [6.07, 6.45) is 10.5. The van der Waals surface area contributed by atoms with Crippen LogP contribution in [0.25, 0.3) is 0 Å². The van der Waals surface area contributed by atoms with E-state index in [1.807, 2.05) is 12.4 Å². The third-order valence-electron chi connectivity index (χ3n) is 9.79. The van der Waals surface area contributed by atoms with E-state index in [1.54, 1.807) is 23.1 Å². The van der Waals surface area contributed by atoms with E-state index < -0.39 is 6.09 Å². The number of nitrogens with two attached hydrogens (primary N) is 1. The minimum Gasteiger partial charge on any atom is -0.449 e. The third kappa shape index (κ3) is 9.27. The monoisotopic (exact) mass is 666 g/mol. The molecule has 1 atom stereocenters. The fraction of sp³-hybridized carbons (Fsp3) is 0.629. The molecule has 1 saturated carbocycles. The molecule has 0 spiro atoms. The number of carbonyl (C=O) groups is 1. The van der Waals surface area contributed by atoms with E-state index in [0.717, 1.165) is 48.7 Å². The molecule has 2 saturated heterocycles. The van der Waals surface area contributed by atoms with Crippen LogP contribution in [0.5, 0.6) is 0 Å². The maximum Gasteiger partial charge on any atom is 0.404 e. The van der Waals surface area contributed by atoms with Crippen molar-refractivity contribution in [3.05, 3.63) is 59.4 Å². The summed E-state index contributed by atoms with van der Waals surface area (Å²) >= 11 is 3.46. The molecule has 3 fully saturated rings. The van der Waals surface area contributed by atoms with Gasteiger partial charge in [-0.2, -0.15) is 0 Å². The number of hydrogen-bond acceptors (Lipinski definition) is 10. The van der Waals surface area contributed by atoms with Gasteiger partial charge in [-0.3, -0.25) is 4.90 Å². The predicted octanol–water partition coefficient (Wildman–Crippen LogP) is 7.10. The first-order valence-electron chi connectivity index (χ1n) is 16.9. The lowest BCUT2D eigenvalue weighted by Crippen LogP contribution is -2.48. The van der Waals surface area contributed by atoms with Gasteiger partial charge in [-0.1, -0.05) is 56.4 Å². The van der Waals surface area contributed by atoms with Gasteiger partial charge in [0.05, 0.1) is 22.4 Å². The summed E-state index contributed by atoms with van der Waals surface area (Å²) in [5.74, 6) is 4.00. The van der Waals surface area contributed by atoms with Crippen molar-refractivity contribution in [2.75, 3.05) is 44.6 Å². The Morgan fingerprint density at radius 3 is 2.46 bits per heavy atom. The SMILES string of the molecule is CC(C)(C)c1cnc(CSc2cnc(NCC3CCN(C4CCN(Cc5ccc(C(COC(N)=O)C6CC6)cc5)CC4)CC3)s2)o1. The number of primary amides is 1. The molecule has 46 heavy (non-hydrogen) atoms. The number of thioether (sulfide) groups is 1. The molecule has 1 amide bonds. The first-order valence-corrected chi connectivity index (χ1v) is 18.7. The highest BCUT2D eigenvalue weighted by Crippen LogP contribution is 2.43. The number of oxazole rings is 1. The zero-order valence-corrected chi connectivity index (χ0v) is 29.2. The van der Waals surface area contributed by atoms with Gasteiger partial charge in [-0.25, -0.2) is 14.8 Å². The lowest BCUT2D eigenvalue weighted by atomic mass is 9.93. The molecular weight excluding hydrogens is 617 g/mol. The van der Waals surface area contributed by atoms with E-state index in [-0.39, 0.29) is 11.3 Å². The molecular formula is C35H50N6O3S2. The van der Waals surface area contributed by atoms with Crippen LogP contribution >= 0.6 is 23.1 Å². The van der Waals surface area contributed by atoms with E-state index in [1.165, 1.54) is 67.0 Å². The Morgan fingerprint density at radius 1 is 1.07 bits per heavy atom. The molecule has 9 nitrogen and oxygen atoms in total. The van der Waals surface area contributed by atoms with E-state index in [4.69, 9.17) is 14.9 Å². The van der Waals surface area contributed by atoms with Gasteiger partial charge in [-0.15, -0.1) is 11.8 Å². The van der Waals surface area contributed by atoms with Gasteiger partial charge in [0.15, 0.2) is 5.13 Å². The predicted molar refractivity (Wildman–Crippen MR) is 185 cm³/mol. The maximum atomic E-state index is 11.1. The van der Waals surface area contributed by atoms with Gasteiger partial charge >= 0.3 is 6.09 Å². The second-order valence-electron chi connectivity index (χ2n) is 14.3. The number of likely N-dealkylation sites (tertiary alicyclic amines) is 2. The zero-order valence-electron chi connectivity index (χ0n) is 27.6. The molecule has 1 unspecified atom stereocenters. The molecule has 2 aliphatic heterocycles. The maximum absolute atomic E-state index is 11.1. The van der Waals surface area contributed by atoms with E-state index in [2.05, 4.69) is 70.1 Å². The van der Waals surface area contributed by atoms with Crippen LogP contribution < -0.4 is 11.1 Å². The summed E-state index contributed by atoms with van der Waals surface area (Å²) in [5, 5.41) is 4.62. The van der Waals surface area contributed by atoms with E-state index >= 15 is 0 Å². The van der Waals surface area contributed by atoms with Gasteiger partial charge in [0.25, 0.3) is 0 Å². The molecule has 2 aromatic heterocycles. The highest BCUT2D eigenvalue weighted by molar-refractivity contribution is 8.00. The van der Waals surface area contributed by atoms with Gasteiger partial charge < -0.3 is 25.1 Å². The van der Waals surface area contributed by atoms with Crippen LogP contribution in [0.4, 0.5) is 9.93 Å². The number of carbonyl (C=O) groups excluding carboxylic acids is 1. The Hall–Kier alpha value is -2.60. The van der Waals surface area contributed by atoms with Crippen LogP contribution in [0.1, 0.15) is 88.0 Å². The average molecular weight is 667 g/mol.